The molecule has 3 aromatic heterocycles. The van der Waals surface area contributed by atoms with Gasteiger partial charge in [0.15, 0.2) is 11.0 Å². The Kier molecular flexibility index (Phi) is 7.22. The zero-order valence-corrected chi connectivity index (χ0v) is 20.1. The Bertz CT molecular complexity index is 1100. The van der Waals surface area contributed by atoms with Crippen LogP contribution in [0.4, 0.5) is 5.00 Å². The van der Waals surface area contributed by atoms with Crippen molar-refractivity contribution in [2.24, 2.45) is 0 Å². The van der Waals surface area contributed by atoms with Gasteiger partial charge in [0.1, 0.15) is 10.8 Å². The number of nitrogens with one attached hydrogen (secondary N) is 1. The number of methoxy groups -OCH3 is 1. The normalized spacial score (nSPS) is 11.2. The van der Waals surface area contributed by atoms with Crippen molar-refractivity contribution in [1.82, 2.24) is 14.8 Å². The number of anilines is 1. The number of hydrogen-bond acceptors (Lipinski definition) is 8. The molecule has 3 heterocycles. The number of carbonyl (C=O) groups excluding carboxylic acids is 2. The Morgan fingerprint density at radius 2 is 2.06 bits per heavy atom. The van der Waals surface area contributed by atoms with E-state index in [0.29, 0.717) is 28.0 Å². The van der Waals surface area contributed by atoms with Crippen molar-refractivity contribution in [1.29, 1.82) is 0 Å². The summed E-state index contributed by atoms with van der Waals surface area (Å²) in [5.41, 5.74) is 2.22. The molecule has 0 unspecified atom stereocenters. The number of thioether (sulfide) groups is 1. The molecule has 166 valence electrons. The van der Waals surface area contributed by atoms with Gasteiger partial charge in [0.25, 0.3) is 0 Å². The number of carbonyl (C=O) groups is 2. The molecule has 0 aliphatic carbocycles. The van der Waals surface area contributed by atoms with Crippen molar-refractivity contribution in [3.05, 3.63) is 34.1 Å². The van der Waals surface area contributed by atoms with Gasteiger partial charge >= 0.3 is 5.97 Å². The fraction of sp³-hybridized carbons (Fsp3) is 0.429. The van der Waals surface area contributed by atoms with E-state index in [1.165, 1.54) is 30.2 Å². The van der Waals surface area contributed by atoms with Crippen molar-refractivity contribution in [2.45, 2.75) is 52.2 Å². The van der Waals surface area contributed by atoms with Crippen LogP contribution in [0.25, 0.3) is 11.4 Å². The number of ether oxygens (including phenoxy) is 1. The maximum absolute atomic E-state index is 12.7. The standard InChI is InChI=1S/C21H26N4O4S2/c1-7-14-13(5)31-19(17(14)20(27)28-6)22-16(26)10-30-21-24-23-18(25(21)11(2)3)15-8-9-29-12(15)4/h8-9,11H,7,10H2,1-6H3,(H,22,26). The number of amides is 1. The van der Waals surface area contributed by atoms with Gasteiger partial charge in [-0.25, -0.2) is 4.79 Å². The Hall–Kier alpha value is -2.59. The molecular formula is C21H26N4O4S2. The fourth-order valence-corrected chi connectivity index (χ4v) is 5.36. The second-order valence-electron chi connectivity index (χ2n) is 7.18. The maximum Gasteiger partial charge on any atom is 0.341 e. The van der Waals surface area contributed by atoms with Gasteiger partial charge in [0.05, 0.1) is 30.3 Å². The third-order valence-electron chi connectivity index (χ3n) is 4.82. The maximum atomic E-state index is 12.7. The predicted molar refractivity (Wildman–Crippen MR) is 122 cm³/mol. The summed E-state index contributed by atoms with van der Waals surface area (Å²) in [6, 6.07) is 1.96. The minimum Gasteiger partial charge on any atom is -0.469 e. The molecule has 0 aliphatic heterocycles. The van der Waals surface area contributed by atoms with E-state index >= 15 is 0 Å². The molecule has 0 aliphatic rings. The Labute approximate surface area is 189 Å². The molecule has 0 atom stereocenters. The second-order valence-corrected chi connectivity index (χ2v) is 9.35. The van der Waals surface area contributed by atoms with Gasteiger partial charge < -0.3 is 14.5 Å². The van der Waals surface area contributed by atoms with Crippen molar-refractivity contribution < 1.29 is 18.7 Å². The molecule has 3 rings (SSSR count). The molecule has 0 saturated carbocycles. The lowest BCUT2D eigenvalue weighted by Crippen LogP contribution is -2.17. The molecule has 3 aromatic rings. The lowest BCUT2D eigenvalue weighted by molar-refractivity contribution is -0.113. The summed E-state index contributed by atoms with van der Waals surface area (Å²) in [6.45, 7) is 9.86. The van der Waals surface area contributed by atoms with Crippen LogP contribution in [-0.2, 0) is 16.0 Å². The third kappa shape index (κ3) is 4.69. The van der Waals surface area contributed by atoms with Gasteiger partial charge in [-0.05, 0) is 45.7 Å². The smallest absolute Gasteiger partial charge is 0.341 e. The van der Waals surface area contributed by atoms with E-state index in [1.807, 2.05) is 45.3 Å². The van der Waals surface area contributed by atoms with E-state index in [9.17, 15) is 9.59 Å². The highest BCUT2D eigenvalue weighted by atomic mass is 32.2. The molecular weight excluding hydrogens is 436 g/mol. The van der Waals surface area contributed by atoms with Crippen LogP contribution in [-0.4, -0.2) is 39.5 Å². The Morgan fingerprint density at radius 3 is 2.65 bits per heavy atom. The van der Waals surface area contributed by atoms with Gasteiger partial charge in [-0.1, -0.05) is 18.7 Å². The predicted octanol–water partition coefficient (Wildman–Crippen LogP) is 4.88. The number of furan rings is 1. The zero-order valence-electron chi connectivity index (χ0n) is 18.4. The van der Waals surface area contributed by atoms with Crippen LogP contribution in [0.5, 0.6) is 0 Å². The SMILES string of the molecule is CCc1c(C)sc(NC(=O)CSc2nnc(-c3ccoc3C)n2C(C)C)c1C(=O)OC. The van der Waals surface area contributed by atoms with Crippen LogP contribution >= 0.6 is 23.1 Å². The molecule has 0 saturated heterocycles. The van der Waals surface area contributed by atoms with E-state index in [-0.39, 0.29) is 17.7 Å². The quantitative estimate of drug-likeness (QED) is 0.376. The molecule has 10 heteroatoms. The van der Waals surface area contributed by atoms with E-state index in [4.69, 9.17) is 9.15 Å². The lowest BCUT2D eigenvalue weighted by Gasteiger charge is -2.13. The number of thiophene rings is 1. The van der Waals surface area contributed by atoms with Crippen LogP contribution in [0.15, 0.2) is 21.9 Å². The number of esters is 1. The fourth-order valence-electron chi connectivity index (χ4n) is 3.34. The molecule has 31 heavy (non-hydrogen) atoms. The van der Waals surface area contributed by atoms with E-state index in [0.717, 1.165) is 21.8 Å². The molecule has 0 fully saturated rings. The van der Waals surface area contributed by atoms with Crippen LogP contribution < -0.4 is 5.32 Å². The van der Waals surface area contributed by atoms with Crippen LogP contribution in [0.1, 0.15) is 53.4 Å². The number of nitrogens with zero attached hydrogens (tertiary/aromatic N) is 3. The number of aromatic nitrogens is 3. The molecule has 0 radical (unpaired) electrons. The first kappa shape index (κ1) is 23.1. The third-order valence-corrected chi connectivity index (χ3v) is 6.82. The summed E-state index contributed by atoms with van der Waals surface area (Å²) in [5, 5.41) is 12.6. The first-order valence-corrected chi connectivity index (χ1v) is 11.7. The Morgan fingerprint density at radius 1 is 1.32 bits per heavy atom. The number of rotatable bonds is 8. The topological polar surface area (TPSA) is 99.3 Å². The van der Waals surface area contributed by atoms with E-state index < -0.39 is 5.97 Å². The molecule has 0 bridgehead atoms. The van der Waals surface area contributed by atoms with Crippen molar-refractivity contribution in [2.75, 3.05) is 18.2 Å². The second kappa shape index (κ2) is 9.69. The van der Waals surface area contributed by atoms with Gasteiger partial charge in [-0.2, -0.15) is 0 Å². The molecule has 0 spiro atoms. The minimum absolute atomic E-state index is 0.0999. The van der Waals surface area contributed by atoms with Gasteiger partial charge in [0, 0.05) is 10.9 Å². The first-order valence-electron chi connectivity index (χ1n) is 9.91. The Balaban J connectivity index is 1.78. The zero-order chi connectivity index (χ0) is 22.7. The summed E-state index contributed by atoms with van der Waals surface area (Å²) < 4.78 is 12.3. The van der Waals surface area contributed by atoms with E-state index in [2.05, 4.69) is 15.5 Å². The molecule has 0 aromatic carbocycles. The van der Waals surface area contributed by atoms with Crippen LogP contribution in [0.2, 0.25) is 0 Å². The first-order chi connectivity index (χ1) is 14.8. The van der Waals surface area contributed by atoms with Gasteiger partial charge in [-0.15, -0.1) is 21.5 Å². The van der Waals surface area contributed by atoms with Crippen LogP contribution in [0.3, 0.4) is 0 Å². The van der Waals surface area contributed by atoms with Crippen molar-refractivity contribution >= 4 is 40.0 Å². The lowest BCUT2D eigenvalue weighted by atomic mass is 10.1. The summed E-state index contributed by atoms with van der Waals surface area (Å²) in [5.74, 6) is 0.938. The highest BCUT2D eigenvalue weighted by molar-refractivity contribution is 7.99. The molecule has 1 amide bonds. The van der Waals surface area contributed by atoms with Gasteiger partial charge in [0.2, 0.25) is 5.91 Å². The van der Waals surface area contributed by atoms with Crippen LogP contribution in [0, 0.1) is 13.8 Å². The molecule has 1 N–H and O–H groups in total. The summed E-state index contributed by atoms with van der Waals surface area (Å²) >= 11 is 2.68. The molecule has 8 nitrogen and oxygen atoms in total. The van der Waals surface area contributed by atoms with Crippen molar-refractivity contribution in [3.8, 4) is 11.4 Å². The monoisotopic (exact) mass is 462 g/mol. The highest BCUT2D eigenvalue weighted by Gasteiger charge is 2.24. The largest absolute Gasteiger partial charge is 0.469 e. The number of aryl methyl sites for hydroxylation is 2. The summed E-state index contributed by atoms with van der Waals surface area (Å²) in [7, 11) is 1.34. The van der Waals surface area contributed by atoms with E-state index in [1.54, 1.807) is 6.26 Å². The summed E-state index contributed by atoms with van der Waals surface area (Å²) in [4.78, 5) is 25.9. The average Bonchev–Trinajstić information content (AvgIpc) is 3.41. The summed E-state index contributed by atoms with van der Waals surface area (Å²) in [6.07, 6.45) is 2.31. The average molecular weight is 463 g/mol. The minimum atomic E-state index is -0.441. The highest BCUT2D eigenvalue weighted by Crippen LogP contribution is 2.34. The van der Waals surface area contributed by atoms with Gasteiger partial charge in [-0.3, -0.25) is 9.36 Å². The number of hydrogen-bond donors (Lipinski definition) is 1. The van der Waals surface area contributed by atoms with Crippen molar-refractivity contribution in [3.63, 3.8) is 0 Å².